The van der Waals surface area contributed by atoms with Gasteiger partial charge in [-0.15, -0.1) is 0 Å². The van der Waals surface area contributed by atoms with E-state index in [0.717, 1.165) is 5.56 Å². The van der Waals surface area contributed by atoms with Gasteiger partial charge in [-0.3, -0.25) is 4.79 Å². The largest absolute Gasteiger partial charge is 0.325 e. The minimum atomic E-state index is -0.473. The predicted molar refractivity (Wildman–Crippen MR) is 62.7 cm³/mol. The highest BCUT2D eigenvalue weighted by Gasteiger charge is 2.10. The van der Waals surface area contributed by atoms with Gasteiger partial charge in [0.05, 0.1) is 18.5 Å². The van der Waals surface area contributed by atoms with Crippen LogP contribution in [0.3, 0.4) is 0 Å². The number of hydrogen-bond acceptors (Lipinski definition) is 3. The number of carbonyl (C=O) groups excluding carboxylic acids is 1. The van der Waals surface area contributed by atoms with Gasteiger partial charge in [0.2, 0.25) is 5.91 Å². The van der Waals surface area contributed by atoms with Crippen molar-refractivity contribution in [1.82, 2.24) is 0 Å². The lowest BCUT2D eigenvalue weighted by atomic mass is 10.1. The molecule has 0 heterocycles. The van der Waals surface area contributed by atoms with Gasteiger partial charge in [-0.25, -0.2) is 0 Å². The highest BCUT2D eigenvalue weighted by molar-refractivity contribution is 5.94. The Hall–Kier alpha value is -1.86. The van der Waals surface area contributed by atoms with Crippen molar-refractivity contribution in [1.29, 1.82) is 5.26 Å². The predicted octanol–water partition coefficient (Wildman–Crippen LogP) is 1.43. The van der Waals surface area contributed by atoms with E-state index >= 15 is 0 Å². The van der Waals surface area contributed by atoms with E-state index in [1.165, 1.54) is 0 Å². The maximum Gasteiger partial charge on any atom is 0.241 e. The summed E-state index contributed by atoms with van der Waals surface area (Å²) in [5.74, 6) is -0.185. The standard InChI is InChI=1S/C12H15N3O/c1-2-11(14)12(16)15-10-5-3-9(4-6-10)7-8-13/h3-6,11H,2,7,14H2,1H3,(H,15,16). The Balaban J connectivity index is 2.62. The minimum Gasteiger partial charge on any atom is -0.325 e. The van der Waals surface area contributed by atoms with E-state index in [2.05, 4.69) is 11.4 Å². The van der Waals surface area contributed by atoms with Crippen molar-refractivity contribution in [3.63, 3.8) is 0 Å². The number of rotatable bonds is 4. The Kier molecular flexibility index (Phi) is 4.49. The molecule has 0 aliphatic carbocycles. The summed E-state index contributed by atoms with van der Waals surface area (Å²) in [5.41, 5.74) is 7.22. The summed E-state index contributed by atoms with van der Waals surface area (Å²) in [6.07, 6.45) is 0.987. The summed E-state index contributed by atoms with van der Waals surface area (Å²) in [5, 5.41) is 11.2. The second-order valence-electron chi connectivity index (χ2n) is 3.54. The molecule has 3 N–H and O–H groups in total. The zero-order valence-corrected chi connectivity index (χ0v) is 9.23. The maximum absolute atomic E-state index is 11.5. The van der Waals surface area contributed by atoms with Crippen LogP contribution in [0.5, 0.6) is 0 Å². The molecule has 0 radical (unpaired) electrons. The molecule has 0 fully saturated rings. The van der Waals surface area contributed by atoms with Crippen LogP contribution in [-0.4, -0.2) is 11.9 Å². The van der Waals surface area contributed by atoms with Crippen LogP contribution in [-0.2, 0) is 11.2 Å². The first-order valence-electron chi connectivity index (χ1n) is 5.19. The summed E-state index contributed by atoms with van der Waals surface area (Å²) < 4.78 is 0. The highest BCUT2D eigenvalue weighted by atomic mass is 16.2. The number of hydrogen-bond donors (Lipinski definition) is 2. The van der Waals surface area contributed by atoms with Gasteiger partial charge in [-0.2, -0.15) is 5.26 Å². The number of carbonyl (C=O) groups is 1. The number of benzene rings is 1. The Bertz CT molecular complexity index is 392. The lowest BCUT2D eigenvalue weighted by Crippen LogP contribution is -2.34. The van der Waals surface area contributed by atoms with Gasteiger partial charge < -0.3 is 11.1 Å². The van der Waals surface area contributed by atoms with Crippen LogP contribution >= 0.6 is 0 Å². The monoisotopic (exact) mass is 217 g/mol. The van der Waals surface area contributed by atoms with Crippen LogP contribution < -0.4 is 11.1 Å². The molecule has 0 aliphatic heterocycles. The van der Waals surface area contributed by atoms with E-state index in [4.69, 9.17) is 11.0 Å². The summed E-state index contributed by atoms with van der Waals surface area (Å²) in [4.78, 5) is 11.5. The summed E-state index contributed by atoms with van der Waals surface area (Å²) >= 11 is 0. The van der Waals surface area contributed by atoms with E-state index in [1.54, 1.807) is 12.1 Å². The van der Waals surface area contributed by atoms with Crippen molar-refractivity contribution in [3.05, 3.63) is 29.8 Å². The Morgan fingerprint density at radius 3 is 2.62 bits per heavy atom. The van der Waals surface area contributed by atoms with E-state index in [0.29, 0.717) is 18.5 Å². The molecule has 1 rings (SSSR count). The molecule has 1 aromatic carbocycles. The van der Waals surface area contributed by atoms with Crippen molar-refractivity contribution in [2.75, 3.05) is 5.32 Å². The third-order valence-electron chi connectivity index (χ3n) is 2.28. The van der Waals surface area contributed by atoms with E-state index < -0.39 is 6.04 Å². The third-order valence-corrected chi connectivity index (χ3v) is 2.28. The average Bonchev–Trinajstić information content (AvgIpc) is 2.31. The molecule has 0 saturated heterocycles. The fourth-order valence-corrected chi connectivity index (χ4v) is 1.22. The summed E-state index contributed by atoms with van der Waals surface area (Å²) in [7, 11) is 0. The van der Waals surface area contributed by atoms with Gasteiger partial charge in [-0.05, 0) is 24.1 Å². The number of nitrogens with two attached hydrogens (primary N) is 1. The molecule has 0 aliphatic rings. The Morgan fingerprint density at radius 1 is 1.50 bits per heavy atom. The normalized spacial score (nSPS) is 11.6. The van der Waals surface area contributed by atoms with Gasteiger partial charge in [0.1, 0.15) is 0 Å². The topological polar surface area (TPSA) is 78.9 Å². The molecule has 0 spiro atoms. The molecule has 0 bridgehead atoms. The molecule has 4 heteroatoms. The number of anilines is 1. The van der Waals surface area contributed by atoms with E-state index in [-0.39, 0.29) is 5.91 Å². The number of nitriles is 1. The second kappa shape index (κ2) is 5.89. The fourth-order valence-electron chi connectivity index (χ4n) is 1.22. The molecule has 0 saturated carbocycles. The molecular formula is C12H15N3O. The second-order valence-corrected chi connectivity index (χ2v) is 3.54. The maximum atomic E-state index is 11.5. The van der Waals surface area contributed by atoms with Crippen molar-refractivity contribution in [3.8, 4) is 6.07 Å². The van der Waals surface area contributed by atoms with Crippen molar-refractivity contribution >= 4 is 11.6 Å². The van der Waals surface area contributed by atoms with Crippen molar-refractivity contribution in [2.24, 2.45) is 5.73 Å². The molecule has 1 atom stereocenters. The van der Waals surface area contributed by atoms with Gasteiger partial charge in [0.25, 0.3) is 0 Å². The zero-order chi connectivity index (χ0) is 12.0. The molecular weight excluding hydrogens is 202 g/mol. The van der Waals surface area contributed by atoms with Crippen LogP contribution in [0.4, 0.5) is 5.69 Å². The van der Waals surface area contributed by atoms with Crippen molar-refractivity contribution < 1.29 is 4.79 Å². The third kappa shape index (κ3) is 3.37. The molecule has 4 nitrogen and oxygen atoms in total. The average molecular weight is 217 g/mol. The van der Waals surface area contributed by atoms with Crippen LogP contribution in [0.25, 0.3) is 0 Å². The lowest BCUT2D eigenvalue weighted by Gasteiger charge is -2.10. The van der Waals surface area contributed by atoms with Gasteiger partial charge in [-0.1, -0.05) is 19.1 Å². The minimum absolute atomic E-state index is 0.185. The van der Waals surface area contributed by atoms with E-state index in [1.807, 2.05) is 19.1 Å². The highest BCUT2D eigenvalue weighted by Crippen LogP contribution is 2.10. The van der Waals surface area contributed by atoms with Gasteiger partial charge in [0, 0.05) is 5.69 Å². The molecule has 0 aromatic heterocycles. The smallest absolute Gasteiger partial charge is 0.241 e. The first-order chi connectivity index (χ1) is 7.67. The molecule has 1 unspecified atom stereocenters. The van der Waals surface area contributed by atoms with E-state index in [9.17, 15) is 4.79 Å². The Morgan fingerprint density at radius 2 is 2.12 bits per heavy atom. The van der Waals surface area contributed by atoms with Gasteiger partial charge >= 0.3 is 0 Å². The van der Waals surface area contributed by atoms with Crippen LogP contribution in [0.2, 0.25) is 0 Å². The van der Waals surface area contributed by atoms with Crippen LogP contribution in [0, 0.1) is 11.3 Å². The molecule has 1 amide bonds. The first kappa shape index (κ1) is 12.2. The number of amides is 1. The molecule has 1 aromatic rings. The number of nitrogens with one attached hydrogen (secondary N) is 1. The Labute approximate surface area is 95.1 Å². The SMILES string of the molecule is CCC(N)C(=O)Nc1ccc(CC#N)cc1. The fraction of sp³-hybridized carbons (Fsp3) is 0.333. The first-order valence-corrected chi connectivity index (χ1v) is 5.19. The lowest BCUT2D eigenvalue weighted by molar-refractivity contribution is -0.117. The van der Waals surface area contributed by atoms with Crippen LogP contribution in [0.15, 0.2) is 24.3 Å². The zero-order valence-electron chi connectivity index (χ0n) is 9.23. The van der Waals surface area contributed by atoms with Gasteiger partial charge in [0.15, 0.2) is 0 Å². The molecule has 84 valence electrons. The molecule has 16 heavy (non-hydrogen) atoms. The summed E-state index contributed by atoms with van der Waals surface area (Å²) in [6.45, 7) is 1.86. The summed E-state index contributed by atoms with van der Waals surface area (Å²) in [6, 6.07) is 8.76. The number of nitrogens with zero attached hydrogens (tertiary/aromatic N) is 1. The van der Waals surface area contributed by atoms with Crippen molar-refractivity contribution in [2.45, 2.75) is 25.8 Å². The quantitative estimate of drug-likeness (QED) is 0.800. The van der Waals surface area contributed by atoms with Crippen LogP contribution in [0.1, 0.15) is 18.9 Å².